The Balaban J connectivity index is 1.38. The number of methoxy groups -OCH3 is 2. The standard InChI is InChI=1S/C27H29NO7/c1-32-24-7-4-3-6-23(24)26(29)28-20-10-14-22(15-11-20)35-17-5-16-34-21-12-8-19(9-13-21)18-25(33-2)27(30)31/h3-4,6-15,25H,5,16-18H2,1-2H3,(H,28,29)(H,30,31)/t25-/m0/s1. The molecule has 0 aliphatic heterocycles. The van der Waals surface area contributed by atoms with Crippen molar-refractivity contribution in [2.75, 3.05) is 32.8 Å². The quantitative estimate of drug-likeness (QED) is 0.349. The maximum Gasteiger partial charge on any atom is 0.333 e. The summed E-state index contributed by atoms with van der Waals surface area (Å²) in [6, 6.07) is 21.5. The van der Waals surface area contributed by atoms with Crippen LogP contribution in [0.2, 0.25) is 0 Å². The molecule has 184 valence electrons. The van der Waals surface area contributed by atoms with Crippen LogP contribution < -0.4 is 19.5 Å². The summed E-state index contributed by atoms with van der Waals surface area (Å²) in [5, 5.41) is 11.9. The summed E-state index contributed by atoms with van der Waals surface area (Å²) in [6.45, 7) is 0.946. The Labute approximate surface area is 204 Å². The molecule has 0 unspecified atom stereocenters. The normalized spacial score (nSPS) is 11.4. The Hall–Kier alpha value is -4.04. The maximum atomic E-state index is 12.5. The number of amides is 1. The van der Waals surface area contributed by atoms with Crippen LogP contribution in [-0.4, -0.2) is 50.5 Å². The molecule has 0 spiro atoms. The van der Waals surface area contributed by atoms with E-state index in [9.17, 15) is 9.59 Å². The number of anilines is 1. The molecule has 0 aromatic heterocycles. The molecule has 1 atom stereocenters. The van der Waals surface area contributed by atoms with E-state index in [2.05, 4.69) is 5.32 Å². The monoisotopic (exact) mass is 479 g/mol. The van der Waals surface area contributed by atoms with Gasteiger partial charge in [-0.3, -0.25) is 4.79 Å². The average molecular weight is 480 g/mol. The first-order valence-corrected chi connectivity index (χ1v) is 11.1. The van der Waals surface area contributed by atoms with Crippen LogP contribution in [0, 0.1) is 0 Å². The third-order valence-electron chi connectivity index (χ3n) is 5.19. The number of carboxylic acids is 1. The molecular weight excluding hydrogens is 450 g/mol. The van der Waals surface area contributed by atoms with Gasteiger partial charge in [-0.25, -0.2) is 4.79 Å². The topological polar surface area (TPSA) is 103 Å². The molecule has 0 saturated carbocycles. The molecule has 3 aromatic rings. The van der Waals surface area contributed by atoms with Crippen LogP contribution >= 0.6 is 0 Å². The van der Waals surface area contributed by atoms with E-state index in [-0.39, 0.29) is 5.91 Å². The van der Waals surface area contributed by atoms with Crippen LogP contribution in [0.4, 0.5) is 5.69 Å². The zero-order valence-electron chi connectivity index (χ0n) is 19.7. The first-order chi connectivity index (χ1) is 17.0. The first kappa shape index (κ1) is 25.6. The highest BCUT2D eigenvalue weighted by atomic mass is 16.5. The zero-order chi connectivity index (χ0) is 25.0. The minimum Gasteiger partial charge on any atom is -0.496 e. The fourth-order valence-electron chi connectivity index (χ4n) is 3.31. The Kier molecular flexibility index (Phi) is 9.50. The van der Waals surface area contributed by atoms with Gasteiger partial charge in [0.25, 0.3) is 5.91 Å². The van der Waals surface area contributed by atoms with Gasteiger partial charge < -0.3 is 29.4 Å². The van der Waals surface area contributed by atoms with Crippen molar-refractivity contribution in [3.8, 4) is 17.2 Å². The van der Waals surface area contributed by atoms with Gasteiger partial charge in [-0.1, -0.05) is 24.3 Å². The van der Waals surface area contributed by atoms with Gasteiger partial charge in [0, 0.05) is 25.6 Å². The number of aliphatic carboxylic acids is 1. The van der Waals surface area contributed by atoms with E-state index in [0.717, 1.165) is 5.56 Å². The van der Waals surface area contributed by atoms with Gasteiger partial charge in [-0.05, 0) is 54.1 Å². The second kappa shape index (κ2) is 13.0. The molecule has 8 nitrogen and oxygen atoms in total. The number of carboxylic acid groups (broad SMARTS) is 1. The van der Waals surface area contributed by atoms with Gasteiger partial charge in [0.15, 0.2) is 6.10 Å². The van der Waals surface area contributed by atoms with Gasteiger partial charge in [0.05, 0.1) is 25.9 Å². The molecule has 0 fully saturated rings. The lowest BCUT2D eigenvalue weighted by atomic mass is 10.1. The summed E-state index contributed by atoms with van der Waals surface area (Å²) in [4.78, 5) is 23.5. The Bertz CT molecular complexity index is 1100. The van der Waals surface area contributed by atoms with Crippen LogP contribution in [0.5, 0.6) is 17.2 Å². The number of nitrogens with one attached hydrogen (secondary N) is 1. The minimum atomic E-state index is -0.986. The molecule has 0 heterocycles. The molecule has 8 heteroatoms. The number of hydrogen-bond acceptors (Lipinski definition) is 6. The summed E-state index contributed by atoms with van der Waals surface area (Å²) in [5.74, 6) is 0.673. The predicted octanol–water partition coefficient (Wildman–Crippen LogP) is 4.44. The van der Waals surface area contributed by atoms with Crippen molar-refractivity contribution in [3.05, 3.63) is 83.9 Å². The van der Waals surface area contributed by atoms with Crippen molar-refractivity contribution < 1.29 is 33.6 Å². The fourth-order valence-corrected chi connectivity index (χ4v) is 3.31. The summed E-state index contributed by atoms with van der Waals surface area (Å²) >= 11 is 0. The van der Waals surface area contributed by atoms with E-state index >= 15 is 0 Å². The molecular formula is C27H29NO7. The van der Waals surface area contributed by atoms with Crippen molar-refractivity contribution in [2.45, 2.75) is 18.9 Å². The smallest absolute Gasteiger partial charge is 0.333 e. The number of ether oxygens (including phenoxy) is 4. The second-order valence-corrected chi connectivity index (χ2v) is 7.64. The second-order valence-electron chi connectivity index (χ2n) is 7.64. The van der Waals surface area contributed by atoms with Crippen molar-refractivity contribution in [1.82, 2.24) is 0 Å². The van der Waals surface area contributed by atoms with Gasteiger partial charge >= 0.3 is 5.97 Å². The highest BCUT2D eigenvalue weighted by Gasteiger charge is 2.16. The Morgan fingerprint density at radius 2 is 1.46 bits per heavy atom. The lowest BCUT2D eigenvalue weighted by Crippen LogP contribution is -2.24. The summed E-state index contributed by atoms with van der Waals surface area (Å²) in [7, 11) is 2.91. The van der Waals surface area contributed by atoms with Gasteiger partial charge in [0.2, 0.25) is 0 Å². The molecule has 0 bridgehead atoms. The highest BCUT2D eigenvalue weighted by molar-refractivity contribution is 6.06. The van der Waals surface area contributed by atoms with Crippen LogP contribution in [0.15, 0.2) is 72.8 Å². The molecule has 2 N–H and O–H groups in total. The van der Waals surface area contributed by atoms with E-state index in [4.69, 9.17) is 24.1 Å². The zero-order valence-corrected chi connectivity index (χ0v) is 19.7. The number of hydrogen-bond donors (Lipinski definition) is 2. The molecule has 35 heavy (non-hydrogen) atoms. The van der Waals surface area contributed by atoms with Crippen molar-refractivity contribution in [1.29, 1.82) is 0 Å². The largest absolute Gasteiger partial charge is 0.496 e. The maximum absolute atomic E-state index is 12.5. The predicted molar refractivity (Wildman–Crippen MR) is 132 cm³/mol. The highest BCUT2D eigenvalue weighted by Crippen LogP contribution is 2.21. The minimum absolute atomic E-state index is 0.248. The van der Waals surface area contributed by atoms with Crippen LogP contribution in [-0.2, 0) is 16.0 Å². The first-order valence-electron chi connectivity index (χ1n) is 11.1. The molecule has 3 rings (SSSR count). The molecule has 0 saturated heterocycles. The molecule has 3 aromatic carbocycles. The summed E-state index contributed by atoms with van der Waals surface area (Å²) < 4.78 is 21.6. The summed E-state index contributed by atoms with van der Waals surface area (Å²) in [5.41, 5.74) is 1.97. The fraction of sp³-hybridized carbons (Fsp3) is 0.259. The van der Waals surface area contributed by atoms with Crippen molar-refractivity contribution >= 4 is 17.6 Å². The average Bonchev–Trinajstić information content (AvgIpc) is 2.88. The van der Waals surface area contributed by atoms with E-state index in [1.165, 1.54) is 14.2 Å². The van der Waals surface area contributed by atoms with Gasteiger partial charge in [-0.2, -0.15) is 0 Å². The molecule has 0 aliphatic rings. The SMILES string of the molecule is COc1ccccc1C(=O)Nc1ccc(OCCCOc2ccc(C[C@H](OC)C(=O)O)cc2)cc1. The van der Waals surface area contributed by atoms with Crippen molar-refractivity contribution in [3.63, 3.8) is 0 Å². The van der Waals surface area contributed by atoms with E-state index < -0.39 is 12.1 Å². The number of carbonyl (C=O) groups is 2. The number of carbonyl (C=O) groups excluding carboxylic acids is 1. The van der Waals surface area contributed by atoms with Gasteiger partial charge in [0.1, 0.15) is 17.2 Å². The number of para-hydroxylation sites is 1. The van der Waals surface area contributed by atoms with Crippen molar-refractivity contribution in [2.24, 2.45) is 0 Å². The van der Waals surface area contributed by atoms with Crippen LogP contribution in [0.3, 0.4) is 0 Å². The Morgan fingerprint density at radius 3 is 2.03 bits per heavy atom. The third kappa shape index (κ3) is 7.75. The molecule has 0 radical (unpaired) electrons. The number of rotatable bonds is 13. The van der Waals surface area contributed by atoms with E-state index in [0.29, 0.717) is 54.6 Å². The van der Waals surface area contributed by atoms with Crippen LogP contribution in [0.1, 0.15) is 22.3 Å². The lowest BCUT2D eigenvalue weighted by molar-refractivity contribution is -0.148. The van der Waals surface area contributed by atoms with Gasteiger partial charge in [-0.15, -0.1) is 0 Å². The third-order valence-corrected chi connectivity index (χ3v) is 5.19. The van der Waals surface area contributed by atoms with E-state index in [1.54, 1.807) is 42.5 Å². The van der Waals surface area contributed by atoms with E-state index in [1.807, 2.05) is 30.3 Å². The Morgan fingerprint density at radius 1 is 0.857 bits per heavy atom. The molecule has 1 amide bonds. The summed E-state index contributed by atoms with van der Waals surface area (Å²) in [6.07, 6.45) is 0.110. The number of benzene rings is 3. The van der Waals surface area contributed by atoms with Crippen LogP contribution in [0.25, 0.3) is 0 Å². The lowest BCUT2D eigenvalue weighted by Gasteiger charge is -2.12. The molecule has 0 aliphatic carbocycles.